The van der Waals surface area contributed by atoms with Crippen molar-refractivity contribution >= 4 is 51.3 Å². The molecular formula is C53H48N6. The molecule has 5 heterocycles. The smallest absolute Gasteiger partial charge is 0.179 e. The summed E-state index contributed by atoms with van der Waals surface area (Å²) in [5.41, 5.74) is 15.4. The Morgan fingerprint density at radius 1 is 0.525 bits per heavy atom. The van der Waals surface area contributed by atoms with E-state index in [1.54, 1.807) is 0 Å². The fourth-order valence-corrected chi connectivity index (χ4v) is 10.7. The first-order valence-corrected chi connectivity index (χ1v) is 21.1. The van der Waals surface area contributed by atoms with Gasteiger partial charge in [0.05, 0.1) is 29.0 Å². The van der Waals surface area contributed by atoms with Gasteiger partial charge in [-0.05, 0) is 89.1 Å². The molecule has 4 aliphatic rings. The zero-order valence-electron chi connectivity index (χ0n) is 34.1. The van der Waals surface area contributed by atoms with Crippen LogP contribution in [0.25, 0.3) is 16.8 Å². The summed E-state index contributed by atoms with van der Waals surface area (Å²) in [6, 6.07) is 55.5. The van der Waals surface area contributed by atoms with Crippen LogP contribution in [0.4, 0.5) is 45.8 Å². The predicted molar refractivity (Wildman–Crippen MR) is 244 cm³/mol. The molecule has 4 unspecified atom stereocenters. The average molecular weight is 769 g/mol. The number of hydrogen-bond donors (Lipinski definition) is 0. The van der Waals surface area contributed by atoms with Crippen LogP contribution < -0.4 is 19.6 Å². The second kappa shape index (κ2) is 13.7. The number of para-hydroxylation sites is 6. The summed E-state index contributed by atoms with van der Waals surface area (Å²) in [7, 11) is 0. The zero-order valence-corrected chi connectivity index (χ0v) is 34.1. The lowest BCUT2D eigenvalue weighted by Gasteiger charge is -2.53. The van der Waals surface area contributed by atoms with E-state index in [0.29, 0.717) is 11.8 Å². The molecule has 0 amide bonds. The topological polar surface area (TPSA) is 38.7 Å². The monoisotopic (exact) mass is 768 g/mol. The molecule has 6 nitrogen and oxygen atoms in total. The van der Waals surface area contributed by atoms with Gasteiger partial charge in [0, 0.05) is 40.0 Å². The molecule has 0 bridgehead atoms. The van der Waals surface area contributed by atoms with Crippen LogP contribution in [0.1, 0.15) is 74.1 Å². The Hall–Kier alpha value is -6.66. The first kappa shape index (κ1) is 35.5. The van der Waals surface area contributed by atoms with Crippen LogP contribution in [0.3, 0.4) is 0 Å². The van der Waals surface area contributed by atoms with Crippen molar-refractivity contribution in [2.45, 2.75) is 64.2 Å². The number of hydrogen-bond acceptors (Lipinski definition) is 6. The normalized spacial score (nSPS) is 20.0. The highest BCUT2D eigenvalue weighted by Crippen LogP contribution is 2.63. The van der Waals surface area contributed by atoms with Gasteiger partial charge in [-0.15, -0.1) is 0 Å². The van der Waals surface area contributed by atoms with Gasteiger partial charge >= 0.3 is 0 Å². The molecule has 0 spiro atoms. The molecule has 0 fully saturated rings. The minimum atomic E-state index is -0.182. The Balaban J connectivity index is 1.22. The lowest BCUT2D eigenvalue weighted by atomic mass is 9.71. The van der Waals surface area contributed by atoms with E-state index in [2.05, 4.69) is 199 Å². The van der Waals surface area contributed by atoms with Crippen molar-refractivity contribution in [3.63, 3.8) is 0 Å². The van der Waals surface area contributed by atoms with Crippen LogP contribution >= 0.6 is 0 Å². The Morgan fingerprint density at radius 3 is 1.73 bits per heavy atom. The fourth-order valence-electron chi connectivity index (χ4n) is 10.7. The Kier molecular flexibility index (Phi) is 8.26. The number of aromatic nitrogens is 2. The molecule has 1 aromatic heterocycles. The highest BCUT2D eigenvalue weighted by Gasteiger charge is 2.58. The minimum absolute atomic E-state index is 0.00329. The van der Waals surface area contributed by atoms with Crippen molar-refractivity contribution in [2.75, 3.05) is 19.6 Å². The minimum Gasteiger partial charge on any atom is -0.318 e. The first-order valence-electron chi connectivity index (χ1n) is 21.1. The van der Waals surface area contributed by atoms with E-state index in [1.807, 2.05) is 6.20 Å². The average Bonchev–Trinajstić information content (AvgIpc) is 3.79. The van der Waals surface area contributed by atoms with Crippen molar-refractivity contribution in [2.24, 2.45) is 5.92 Å². The first-order chi connectivity index (χ1) is 28.9. The van der Waals surface area contributed by atoms with Gasteiger partial charge in [0.15, 0.2) is 11.6 Å². The van der Waals surface area contributed by atoms with E-state index >= 15 is 0 Å². The van der Waals surface area contributed by atoms with Crippen molar-refractivity contribution in [1.82, 2.24) is 9.97 Å². The predicted octanol–water partition coefficient (Wildman–Crippen LogP) is 13.5. The molecule has 59 heavy (non-hydrogen) atoms. The number of nitrogens with zero attached hydrogens (tertiary/aromatic N) is 6. The number of fused-ring (bicyclic) bond motifs is 14. The SMILES string of the molecule is C=C1CC2c3ccccc3N3c4nc(-c5c(C(C)C)cccc5C(C)C)cnc4N(c4ccccc4)C3C2C2N(c3ccccc3)c3ccccc3N2c2ccccc21. The standard InChI is InChI=1S/C53H48N6/c1-33(2)38-25-18-26-39(34(3)4)48(38)43-32-54-50-51(55-43)59-45-28-15-13-24-41(45)42-31-35(5)40-23-12-14-27-44(40)58-47-30-17-16-29-46(47)56(36-19-8-6-9-20-36)52(58)49(42)53(59)57(50)37-21-10-7-11-22-37/h6-30,32-34,42,49,52-53H,5,31H2,1-4H3. The lowest BCUT2D eigenvalue weighted by molar-refractivity contribution is 0.290. The van der Waals surface area contributed by atoms with Crippen molar-refractivity contribution < 1.29 is 0 Å². The summed E-state index contributed by atoms with van der Waals surface area (Å²) >= 11 is 0. The van der Waals surface area contributed by atoms with Crippen molar-refractivity contribution in [3.8, 4) is 11.3 Å². The number of allylic oxidation sites excluding steroid dienone is 1. The van der Waals surface area contributed by atoms with Gasteiger partial charge in [-0.3, -0.25) is 0 Å². The summed E-state index contributed by atoms with van der Waals surface area (Å²) in [5, 5.41) is 0. The molecule has 0 saturated carbocycles. The Morgan fingerprint density at radius 2 is 1.07 bits per heavy atom. The van der Waals surface area contributed by atoms with Crippen molar-refractivity contribution in [3.05, 3.63) is 187 Å². The van der Waals surface area contributed by atoms with Crippen LogP contribution in [0.15, 0.2) is 164 Å². The van der Waals surface area contributed by atoms with Gasteiger partial charge in [-0.1, -0.05) is 137 Å². The third kappa shape index (κ3) is 5.32. The van der Waals surface area contributed by atoms with E-state index in [-0.39, 0.29) is 24.2 Å². The Labute approximate surface area is 347 Å². The maximum absolute atomic E-state index is 5.78. The van der Waals surface area contributed by atoms with Crippen LogP contribution in [0.5, 0.6) is 0 Å². The van der Waals surface area contributed by atoms with E-state index < -0.39 is 0 Å². The summed E-state index contributed by atoms with van der Waals surface area (Å²) in [6.45, 7) is 14.0. The van der Waals surface area contributed by atoms with Gasteiger partial charge in [-0.2, -0.15) is 0 Å². The van der Waals surface area contributed by atoms with Gasteiger partial charge in [0.2, 0.25) is 0 Å². The van der Waals surface area contributed by atoms with Gasteiger partial charge in [0.1, 0.15) is 12.3 Å². The quantitative estimate of drug-likeness (QED) is 0.174. The molecule has 6 heteroatoms. The third-order valence-electron chi connectivity index (χ3n) is 13.1. The number of anilines is 8. The molecule has 4 atom stereocenters. The van der Waals surface area contributed by atoms with Crippen LogP contribution in [0, 0.1) is 5.92 Å². The summed E-state index contributed by atoms with van der Waals surface area (Å²) in [6.07, 6.45) is 2.55. The third-order valence-corrected chi connectivity index (χ3v) is 13.1. The van der Waals surface area contributed by atoms with Gasteiger partial charge in [-0.25, -0.2) is 9.97 Å². The molecule has 6 aromatic carbocycles. The summed E-state index contributed by atoms with van der Waals surface area (Å²) < 4.78 is 0. The molecule has 4 aliphatic heterocycles. The number of benzene rings is 6. The second-order valence-corrected chi connectivity index (χ2v) is 17.1. The highest BCUT2D eigenvalue weighted by atomic mass is 15.5. The van der Waals surface area contributed by atoms with Gasteiger partial charge in [0.25, 0.3) is 0 Å². The molecule has 11 rings (SSSR count). The fraction of sp³-hybridized carbons (Fsp3) is 0.208. The van der Waals surface area contributed by atoms with Crippen LogP contribution in [0.2, 0.25) is 0 Å². The van der Waals surface area contributed by atoms with Crippen LogP contribution in [-0.2, 0) is 0 Å². The highest BCUT2D eigenvalue weighted by molar-refractivity contribution is 5.94. The number of rotatable bonds is 5. The Bertz CT molecular complexity index is 2720. The molecule has 290 valence electrons. The maximum Gasteiger partial charge on any atom is 0.179 e. The molecule has 7 aromatic rings. The zero-order chi connectivity index (χ0) is 39.9. The second-order valence-electron chi connectivity index (χ2n) is 17.1. The largest absolute Gasteiger partial charge is 0.318 e. The molecule has 0 saturated heterocycles. The van der Waals surface area contributed by atoms with E-state index in [4.69, 9.17) is 16.5 Å². The van der Waals surface area contributed by atoms with E-state index in [0.717, 1.165) is 35.0 Å². The molecule has 0 aliphatic carbocycles. The maximum atomic E-state index is 5.78. The van der Waals surface area contributed by atoms with Crippen LogP contribution in [-0.4, -0.2) is 22.3 Å². The summed E-state index contributed by atoms with van der Waals surface area (Å²) in [4.78, 5) is 21.6. The van der Waals surface area contributed by atoms with E-state index in [1.165, 1.54) is 56.3 Å². The van der Waals surface area contributed by atoms with Gasteiger partial charge < -0.3 is 19.6 Å². The summed E-state index contributed by atoms with van der Waals surface area (Å²) in [5.74, 6) is 2.53. The lowest BCUT2D eigenvalue weighted by Crippen LogP contribution is -2.60. The van der Waals surface area contributed by atoms with Crippen molar-refractivity contribution in [1.29, 1.82) is 0 Å². The molecule has 0 N–H and O–H groups in total. The molecule has 0 radical (unpaired) electrons. The van der Waals surface area contributed by atoms with E-state index in [9.17, 15) is 0 Å². The molecular weight excluding hydrogens is 721 g/mol.